The van der Waals surface area contributed by atoms with Gasteiger partial charge in [-0.1, -0.05) is 0 Å². The third-order valence-corrected chi connectivity index (χ3v) is 5.69. The molecule has 0 bridgehead atoms. The van der Waals surface area contributed by atoms with Crippen molar-refractivity contribution in [1.29, 1.82) is 0 Å². The molecule has 4 rings (SSSR count). The van der Waals surface area contributed by atoms with Crippen molar-refractivity contribution in [3.05, 3.63) is 70.0 Å². The van der Waals surface area contributed by atoms with E-state index in [0.717, 1.165) is 14.7 Å². The number of fused-ring (bicyclic) bond motifs is 1. The Hall–Kier alpha value is -3.21. The SMILES string of the molecule is CCn1ncc(Br)c1CN(C)C(=O)c1cnn2c(C(F)F)cc(-c3ccc(F)cc3)nc12. The minimum Gasteiger partial charge on any atom is -0.336 e. The van der Waals surface area contributed by atoms with Crippen LogP contribution in [0.2, 0.25) is 0 Å². The van der Waals surface area contributed by atoms with Gasteiger partial charge in [-0.15, -0.1) is 0 Å². The molecule has 0 saturated carbocycles. The number of rotatable bonds is 6. The van der Waals surface area contributed by atoms with Crippen LogP contribution in [0.4, 0.5) is 13.2 Å². The Morgan fingerprint density at radius 1 is 1.19 bits per heavy atom. The first-order chi connectivity index (χ1) is 15.3. The summed E-state index contributed by atoms with van der Waals surface area (Å²) in [5, 5.41) is 8.22. The van der Waals surface area contributed by atoms with Gasteiger partial charge in [-0.05, 0) is 53.2 Å². The maximum atomic E-state index is 13.7. The first kappa shape index (κ1) is 22.0. The van der Waals surface area contributed by atoms with Crippen molar-refractivity contribution in [2.24, 2.45) is 0 Å². The van der Waals surface area contributed by atoms with Gasteiger partial charge in [0.25, 0.3) is 12.3 Å². The lowest BCUT2D eigenvalue weighted by atomic mass is 10.1. The predicted octanol–water partition coefficient (Wildman–Crippen LogP) is 4.72. The van der Waals surface area contributed by atoms with Crippen molar-refractivity contribution in [3.8, 4) is 11.3 Å². The van der Waals surface area contributed by atoms with Crippen LogP contribution in [0.15, 0.2) is 47.2 Å². The van der Waals surface area contributed by atoms with E-state index in [2.05, 4.69) is 31.1 Å². The first-order valence-corrected chi connectivity index (χ1v) is 10.5. The number of halogens is 4. The number of amides is 1. The number of alkyl halides is 2. The Morgan fingerprint density at radius 3 is 2.56 bits per heavy atom. The topological polar surface area (TPSA) is 68.3 Å². The van der Waals surface area contributed by atoms with E-state index in [1.807, 2.05) is 6.92 Å². The van der Waals surface area contributed by atoms with Crippen molar-refractivity contribution < 1.29 is 18.0 Å². The van der Waals surface area contributed by atoms with E-state index in [9.17, 15) is 18.0 Å². The van der Waals surface area contributed by atoms with Crippen LogP contribution in [0, 0.1) is 5.82 Å². The van der Waals surface area contributed by atoms with Gasteiger partial charge < -0.3 is 4.90 Å². The van der Waals surface area contributed by atoms with Crippen LogP contribution >= 0.6 is 15.9 Å². The van der Waals surface area contributed by atoms with Crippen molar-refractivity contribution in [2.45, 2.75) is 26.4 Å². The van der Waals surface area contributed by atoms with Crippen LogP contribution in [-0.2, 0) is 13.1 Å². The zero-order chi connectivity index (χ0) is 23.0. The third kappa shape index (κ3) is 3.99. The zero-order valence-electron chi connectivity index (χ0n) is 17.1. The molecule has 166 valence electrons. The fourth-order valence-electron chi connectivity index (χ4n) is 3.38. The monoisotopic (exact) mass is 506 g/mol. The van der Waals surface area contributed by atoms with E-state index in [1.54, 1.807) is 17.9 Å². The number of hydrogen-bond acceptors (Lipinski definition) is 4. The predicted molar refractivity (Wildman–Crippen MR) is 115 cm³/mol. The number of carbonyl (C=O) groups excluding carboxylic acids is 1. The highest BCUT2D eigenvalue weighted by molar-refractivity contribution is 9.10. The molecule has 1 aromatic carbocycles. The van der Waals surface area contributed by atoms with Gasteiger partial charge in [-0.25, -0.2) is 22.7 Å². The molecule has 0 saturated heterocycles. The molecular weight excluding hydrogens is 489 g/mol. The van der Waals surface area contributed by atoms with E-state index in [4.69, 9.17) is 0 Å². The molecule has 3 heterocycles. The summed E-state index contributed by atoms with van der Waals surface area (Å²) < 4.78 is 44.3. The van der Waals surface area contributed by atoms with Gasteiger partial charge in [0.2, 0.25) is 0 Å². The molecule has 0 atom stereocenters. The van der Waals surface area contributed by atoms with Gasteiger partial charge in [0.1, 0.15) is 17.1 Å². The highest BCUT2D eigenvalue weighted by Gasteiger charge is 2.24. The van der Waals surface area contributed by atoms with Gasteiger partial charge in [0, 0.05) is 19.2 Å². The molecule has 1 amide bonds. The van der Waals surface area contributed by atoms with E-state index in [0.29, 0.717) is 12.1 Å². The van der Waals surface area contributed by atoms with Gasteiger partial charge in [-0.3, -0.25) is 9.48 Å². The average Bonchev–Trinajstić information content (AvgIpc) is 3.36. The fraction of sp³-hybridized carbons (Fsp3) is 0.238. The molecule has 3 aromatic heterocycles. The van der Waals surface area contributed by atoms with Gasteiger partial charge in [0.15, 0.2) is 5.65 Å². The number of benzene rings is 1. The third-order valence-electron chi connectivity index (χ3n) is 5.02. The van der Waals surface area contributed by atoms with E-state index >= 15 is 0 Å². The second-order valence-electron chi connectivity index (χ2n) is 7.08. The van der Waals surface area contributed by atoms with E-state index < -0.39 is 23.8 Å². The second kappa shape index (κ2) is 8.73. The second-order valence-corrected chi connectivity index (χ2v) is 7.94. The number of aromatic nitrogens is 5. The van der Waals surface area contributed by atoms with Crippen LogP contribution in [0.1, 0.15) is 35.1 Å². The average molecular weight is 507 g/mol. The van der Waals surface area contributed by atoms with E-state index in [1.165, 1.54) is 41.4 Å². The summed E-state index contributed by atoms with van der Waals surface area (Å²) in [7, 11) is 1.60. The summed E-state index contributed by atoms with van der Waals surface area (Å²) in [6, 6.07) is 6.50. The fourth-order valence-corrected chi connectivity index (χ4v) is 3.80. The van der Waals surface area contributed by atoms with Gasteiger partial charge in [-0.2, -0.15) is 10.2 Å². The van der Waals surface area contributed by atoms with Crippen LogP contribution in [-0.4, -0.2) is 42.2 Å². The molecule has 0 spiro atoms. The lowest BCUT2D eigenvalue weighted by Crippen LogP contribution is -2.27. The Kier molecular flexibility index (Phi) is 6.00. The standard InChI is InChI=1S/C21H18BrF3N6O/c1-3-30-18(15(22)10-26-30)11-29(2)21(32)14-9-27-31-17(19(24)25)8-16(28-20(14)31)12-4-6-13(23)7-5-12/h4-10,19H,3,11H2,1-2H3. The Bertz CT molecular complexity index is 1280. The largest absolute Gasteiger partial charge is 0.336 e. The molecule has 0 aliphatic carbocycles. The molecule has 0 radical (unpaired) electrons. The first-order valence-electron chi connectivity index (χ1n) is 9.68. The lowest BCUT2D eigenvalue weighted by Gasteiger charge is -2.18. The minimum atomic E-state index is -2.85. The molecular formula is C21H18BrF3N6O. The Balaban J connectivity index is 1.76. The lowest BCUT2D eigenvalue weighted by molar-refractivity contribution is 0.0782. The minimum absolute atomic E-state index is 0.00189. The number of carbonyl (C=O) groups is 1. The highest BCUT2D eigenvalue weighted by Crippen LogP contribution is 2.27. The smallest absolute Gasteiger partial charge is 0.280 e. The molecule has 0 fully saturated rings. The number of aryl methyl sites for hydroxylation is 1. The maximum absolute atomic E-state index is 13.7. The van der Waals surface area contributed by atoms with Crippen molar-refractivity contribution in [1.82, 2.24) is 29.3 Å². The van der Waals surface area contributed by atoms with Crippen LogP contribution in [0.5, 0.6) is 0 Å². The summed E-state index contributed by atoms with van der Waals surface area (Å²) in [6.45, 7) is 2.80. The Morgan fingerprint density at radius 2 is 1.91 bits per heavy atom. The van der Waals surface area contributed by atoms with Gasteiger partial charge >= 0.3 is 0 Å². The maximum Gasteiger partial charge on any atom is 0.280 e. The van der Waals surface area contributed by atoms with Crippen molar-refractivity contribution in [3.63, 3.8) is 0 Å². The summed E-state index contributed by atoms with van der Waals surface area (Å²) in [4.78, 5) is 19.0. The summed E-state index contributed by atoms with van der Waals surface area (Å²) >= 11 is 3.43. The van der Waals surface area contributed by atoms with Crippen molar-refractivity contribution >= 4 is 27.5 Å². The molecule has 0 aliphatic rings. The molecule has 11 heteroatoms. The van der Waals surface area contributed by atoms with Gasteiger partial charge in [0.05, 0.1) is 34.8 Å². The molecule has 7 nitrogen and oxygen atoms in total. The molecule has 0 N–H and O–H groups in total. The summed E-state index contributed by atoms with van der Waals surface area (Å²) in [5.74, 6) is -0.886. The Labute approximate surface area is 189 Å². The van der Waals surface area contributed by atoms with E-state index in [-0.39, 0.29) is 23.4 Å². The van der Waals surface area contributed by atoms with Crippen LogP contribution in [0.3, 0.4) is 0 Å². The zero-order valence-corrected chi connectivity index (χ0v) is 18.7. The van der Waals surface area contributed by atoms with Crippen LogP contribution in [0.25, 0.3) is 16.9 Å². The quantitative estimate of drug-likeness (QED) is 0.379. The molecule has 0 unspecified atom stereocenters. The number of nitrogens with zero attached hydrogens (tertiary/aromatic N) is 6. The number of hydrogen-bond donors (Lipinski definition) is 0. The van der Waals surface area contributed by atoms with Crippen molar-refractivity contribution in [2.75, 3.05) is 7.05 Å². The molecule has 32 heavy (non-hydrogen) atoms. The van der Waals surface area contributed by atoms with Crippen LogP contribution < -0.4 is 0 Å². The summed E-state index contributed by atoms with van der Waals surface area (Å²) in [5.41, 5.74) is 1.10. The normalized spacial score (nSPS) is 11.5. The highest BCUT2D eigenvalue weighted by atomic mass is 79.9. The molecule has 4 aromatic rings. The summed E-state index contributed by atoms with van der Waals surface area (Å²) in [6.07, 6.45) is 0.0288. The molecule has 0 aliphatic heterocycles.